The lowest BCUT2D eigenvalue weighted by atomic mass is 10.3. The molecule has 0 atom stereocenters. The predicted octanol–water partition coefficient (Wildman–Crippen LogP) is 0.726. The van der Waals surface area contributed by atoms with E-state index < -0.39 is 0 Å². The number of carbonyl (C=O) groups excluding carboxylic acids is 1. The van der Waals surface area contributed by atoms with Crippen LogP contribution in [-0.2, 0) is 10.5 Å². The van der Waals surface area contributed by atoms with E-state index in [1.807, 2.05) is 18.2 Å². The quantitative estimate of drug-likeness (QED) is 0.693. The standard InChI is InChI=1S/C15H24N4OS/c20-15(13-21-12-14-4-1-2-5-17-14)18-6-3-9-19-10-7-16-8-11-19/h1-2,4-5,16H,3,6-13H2,(H,18,20). The summed E-state index contributed by atoms with van der Waals surface area (Å²) in [7, 11) is 0. The van der Waals surface area contributed by atoms with E-state index in [-0.39, 0.29) is 5.91 Å². The summed E-state index contributed by atoms with van der Waals surface area (Å²) in [6, 6.07) is 5.86. The molecule has 1 aromatic rings. The Morgan fingerprint density at radius 3 is 3.00 bits per heavy atom. The lowest BCUT2D eigenvalue weighted by molar-refractivity contribution is -0.118. The largest absolute Gasteiger partial charge is 0.355 e. The predicted molar refractivity (Wildman–Crippen MR) is 87.3 cm³/mol. The number of pyridine rings is 1. The first kappa shape index (κ1) is 16.3. The van der Waals surface area contributed by atoms with Gasteiger partial charge in [0.15, 0.2) is 0 Å². The minimum Gasteiger partial charge on any atom is -0.355 e. The third-order valence-corrected chi connectivity index (χ3v) is 4.36. The van der Waals surface area contributed by atoms with E-state index in [0.717, 1.165) is 57.1 Å². The van der Waals surface area contributed by atoms with E-state index >= 15 is 0 Å². The summed E-state index contributed by atoms with van der Waals surface area (Å²) in [5.74, 6) is 1.41. The molecule has 0 spiro atoms. The molecule has 0 radical (unpaired) electrons. The molecule has 0 aromatic carbocycles. The number of amides is 1. The molecule has 0 bridgehead atoms. The van der Waals surface area contributed by atoms with Crippen molar-refractivity contribution >= 4 is 17.7 Å². The van der Waals surface area contributed by atoms with Gasteiger partial charge in [0.1, 0.15) is 0 Å². The number of nitrogens with zero attached hydrogens (tertiary/aromatic N) is 2. The maximum atomic E-state index is 11.7. The molecule has 1 aromatic heterocycles. The van der Waals surface area contributed by atoms with Crippen LogP contribution in [0, 0.1) is 0 Å². The number of aromatic nitrogens is 1. The maximum absolute atomic E-state index is 11.7. The van der Waals surface area contributed by atoms with Crippen LogP contribution in [0.2, 0.25) is 0 Å². The van der Waals surface area contributed by atoms with E-state index in [4.69, 9.17) is 0 Å². The van der Waals surface area contributed by atoms with Crippen molar-refractivity contribution in [3.63, 3.8) is 0 Å². The van der Waals surface area contributed by atoms with Crippen molar-refractivity contribution in [1.82, 2.24) is 20.5 Å². The highest BCUT2D eigenvalue weighted by Gasteiger charge is 2.08. The Morgan fingerprint density at radius 2 is 2.24 bits per heavy atom. The number of nitrogens with one attached hydrogen (secondary N) is 2. The number of hydrogen-bond acceptors (Lipinski definition) is 5. The van der Waals surface area contributed by atoms with Crippen LogP contribution in [0.4, 0.5) is 0 Å². The van der Waals surface area contributed by atoms with Crippen molar-refractivity contribution in [1.29, 1.82) is 0 Å². The number of piperazine rings is 1. The summed E-state index contributed by atoms with van der Waals surface area (Å²) in [4.78, 5) is 18.4. The van der Waals surface area contributed by atoms with Crippen LogP contribution in [-0.4, -0.2) is 60.8 Å². The zero-order valence-electron chi connectivity index (χ0n) is 12.4. The average Bonchev–Trinajstić information content (AvgIpc) is 2.54. The fraction of sp³-hybridized carbons (Fsp3) is 0.600. The second-order valence-electron chi connectivity index (χ2n) is 5.11. The topological polar surface area (TPSA) is 57.3 Å². The third kappa shape index (κ3) is 6.93. The first-order chi connectivity index (χ1) is 10.3. The Kier molecular flexibility index (Phi) is 7.56. The summed E-state index contributed by atoms with van der Waals surface area (Å²) in [5.41, 5.74) is 1.02. The van der Waals surface area contributed by atoms with Crippen LogP contribution in [0.5, 0.6) is 0 Å². The molecular formula is C15H24N4OS. The Balaban J connectivity index is 1.47. The van der Waals surface area contributed by atoms with Crippen LogP contribution >= 0.6 is 11.8 Å². The first-order valence-electron chi connectivity index (χ1n) is 7.52. The maximum Gasteiger partial charge on any atom is 0.230 e. The Hall–Kier alpha value is -1.11. The fourth-order valence-electron chi connectivity index (χ4n) is 2.25. The Labute approximate surface area is 130 Å². The summed E-state index contributed by atoms with van der Waals surface area (Å²) in [6.07, 6.45) is 2.81. The molecule has 2 heterocycles. The van der Waals surface area contributed by atoms with Crippen molar-refractivity contribution < 1.29 is 4.79 Å². The minimum atomic E-state index is 0.122. The van der Waals surface area contributed by atoms with Crippen molar-refractivity contribution in [3.05, 3.63) is 30.1 Å². The van der Waals surface area contributed by atoms with Gasteiger partial charge in [-0.15, -0.1) is 11.8 Å². The first-order valence-corrected chi connectivity index (χ1v) is 8.67. The summed E-state index contributed by atoms with van der Waals surface area (Å²) in [5, 5.41) is 6.33. The van der Waals surface area contributed by atoms with Gasteiger partial charge in [0.2, 0.25) is 5.91 Å². The van der Waals surface area contributed by atoms with E-state index in [9.17, 15) is 4.79 Å². The van der Waals surface area contributed by atoms with E-state index in [1.165, 1.54) is 0 Å². The van der Waals surface area contributed by atoms with Gasteiger partial charge in [-0.1, -0.05) is 6.07 Å². The molecule has 1 aliphatic heterocycles. The summed E-state index contributed by atoms with van der Waals surface area (Å²) in [6.45, 7) is 6.24. The molecule has 21 heavy (non-hydrogen) atoms. The molecule has 1 aliphatic rings. The molecule has 5 nitrogen and oxygen atoms in total. The number of thioether (sulfide) groups is 1. The van der Waals surface area contributed by atoms with Gasteiger partial charge >= 0.3 is 0 Å². The molecule has 0 unspecified atom stereocenters. The molecule has 1 fully saturated rings. The summed E-state index contributed by atoms with van der Waals surface area (Å²) >= 11 is 1.61. The molecule has 0 saturated carbocycles. The minimum absolute atomic E-state index is 0.122. The second kappa shape index (κ2) is 9.76. The Bertz CT molecular complexity index is 409. The fourth-order valence-corrected chi connectivity index (χ4v) is 3.02. The lowest BCUT2D eigenvalue weighted by Gasteiger charge is -2.27. The van der Waals surface area contributed by atoms with Crippen LogP contribution in [0.25, 0.3) is 0 Å². The van der Waals surface area contributed by atoms with E-state index in [0.29, 0.717) is 5.75 Å². The number of carbonyl (C=O) groups is 1. The van der Waals surface area contributed by atoms with E-state index in [2.05, 4.69) is 20.5 Å². The smallest absolute Gasteiger partial charge is 0.230 e. The normalized spacial score (nSPS) is 15.8. The molecular weight excluding hydrogens is 284 g/mol. The lowest BCUT2D eigenvalue weighted by Crippen LogP contribution is -2.44. The molecule has 6 heteroatoms. The van der Waals surface area contributed by atoms with Crippen molar-refractivity contribution in [2.45, 2.75) is 12.2 Å². The van der Waals surface area contributed by atoms with Crippen LogP contribution in [0.1, 0.15) is 12.1 Å². The monoisotopic (exact) mass is 308 g/mol. The summed E-state index contributed by atoms with van der Waals surface area (Å²) < 4.78 is 0. The highest BCUT2D eigenvalue weighted by Crippen LogP contribution is 2.08. The van der Waals surface area contributed by atoms with Crippen LogP contribution in [0.3, 0.4) is 0 Å². The highest BCUT2D eigenvalue weighted by atomic mass is 32.2. The van der Waals surface area contributed by atoms with Gasteiger partial charge in [-0.25, -0.2) is 0 Å². The highest BCUT2D eigenvalue weighted by molar-refractivity contribution is 7.99. The molecule has 2 rings (SSSR count). The van der Waals surface area contributed by atoms with Gasteiger partial charge in [0.25, 0.3) is 0 Å². The van der Waals surface area contributed by atoms with Gasteiger partial charge in [0.05, 0.1) is 11.4 Å². The van der Waals surface area contributed by atoms with Crippen LogP contribution < -0.4 is 10.6 Å². The average molecular weight is 308 g/mol. The second-order valence-corrected chi connectivity index (χ2v) is 6.09. The van der Waals surface area contributed by atoms with Crippen molar-refractivity contribution in [3.8, 4) is 0 Å². The molecule has 1 saturated heterocycles. The van der Waals surface area contributed by atoms with E-state index in [1.54, 1.807) is 18.0 Å². The zero-order valence-corrected chi connectivity index (χ0v) is 13.2. The van der Waals surface area contributed by atoms with Gasteiger partial charge in [-0.05, 0) is 25.1 Å². The molecule has 1 amide bonds. The third-order valence-electron chi connectivity index (χ3n) is 3.39. The number of hydrogen-bond donors (Lipinski definition) is 2. The Morgan fingerprint density at radius 1 is 1.38 bits per heavy atom. The zero-order chi connectivity index (χ0) is 14.8. The van der Waals surface area contributed by atoms with Crippen molar-refractivity contribution in [2.24, 2.45) is 0 Å². The molecule has 2 N–H and O–H groups in total. The van der Waals surface area contributed by atoms with Gasteiger partial charge in [-0.2, -0.15) is 0 Å². The van der Waals surface area contributed by atoms with Crippen LogP contribution in [0.15, 0.2) is 24.4 Å². The number of rotatable bonds is 8. The van der Waals surface area contributed by atoms with Gasteiger partial charge in [0, 0.05) is 44.7 Å². The molecule has 0 aliphatic carbocycles. The van der Waals surface area contributed by atoms with Gasteiger partial charge in [-0.3, -0.25) is 9.78 Å². The van der Waals surface area contributed by atoms with Crippen molar-refractivity contribution in [2.75, 3.05) is 45.0 Å². The van der Waals surface area contributed by atoms with Gasteiger partial charge < -0.3 is 15.5 Å². The molecule has 116 valence electrons. The SMILES string of the molecule is O=C(CSCc1ccccn1)NCCCN1CCNCC1.